The van der Waals surface area contributed by atoms with E-state index in [1.54, 1.807) is 23.9 Å². The van der Waals surface area contributed by atoms with Gasteiger partial charge >= 0.3 is 0 Å². The average molecular weight is 432 g/mol. The topological polar surface area (TPSA) is 64.3 Å². The van der Waals surface area contributed by atoms with Crippen LogP contribution in [-0.2, 0) is 13.0 Å². The van der Waals surface area contributed by atoms with Gasteiger partial charge in [-0.05, 0) is 18.6 Å². The summed E-state index contributed by atoms with van der Waals surface area (Å²) in [4.78, 5) is 14.2. The van der Waals surface area contributed by atoms with Crippen molar-refractivity contribution in [2.45, 2.75) is 26.3 Å². The molecule has 1 aliphatic rings. The molecule has 3 heterocycles. The minimum Gasteiger partial charge on any atom is -0.442 e. The summed E-state index contributed by atoms with van der Waals surface area (Å²) in [6.45, 7) is 10.6. The summed E-state index contributed by atoms with van der Waals surface area (Å²) in [5.41, 5.74) is 2.57. The molecule has 5 rings (SSSR count). The third kappa shape index (κ3) is 3.60. The van der Waals surface area contributed by atoms with E-state index in [0.717, 1.165) is 18.1 Å². The highest BCUT2D eigenvalue weighted by molar-refractivity contribution is 5.75. The zero-order chi connectivity index (χ0) is 22.2. The summed E-state index contributed by atoms with van der Waals surface area (Å²) in [7, 11) is 0. The molecule has 0 saturated carbocycles. The maximum Gasteiger partial charge on any atom is 0.228 e. The van der Waals surface area contributed by atoms with Crippen LogP contribution in [0.25, 0.3) is 16.2 Å². The van der Waals surface area contributed by atoms with Gasteiger partial charge in [0, 0.05) is 43.8 Å². The van der Waals surface area contributed by atoms with E-state index in [2.05, 4.69) is 19.9 Å². The van der Waals surface area contributed by atoms with Crippen LogP contribution in [-0.4, -0.2) is 26.3 Å². The number of hydrogen-bond acceptors (Lipinski definition) is 5. The summed E-state index contributed by atoms with van der Waals surface area (Å²) >= 11 is 0. The van der Waals surface area contributed by atoms with Crippen molar-refractivity contribution in [1.29, 1.82) is 0 Å². The van der Waals surface area contributed by atoms with E-state index in [1.165, 1.54) is 12.1 Å². The Morgan fingerprint density at radius 2 is 2.00 bits per heavy atom. The Bertz CT molecular complexity index is 1350. The number of nitrogens with zero attached hydrogens (tertiary/aromatic N) is 6. The standard InChI is InChI=1S/C23H18F2N6O/c1-14-27-13-21(32-14)17-6-4-15(10-20(17)26-2)11-22-28-23-30(8-3-9-31(23)29-22)16-5-7-18(24)19(25)12-16/h4-7,10,12-13H,3,8-9,11H2,1H3. The third-order valence-electron chi connectivity index (χ3n) is 5.34. The second-order valence-corrected chi connectivity index (χ2v) is 7.54. The molecular formula is C23H18F2N6O. The molecule has 0 amide bonds. The largest absolute Gasteiger partial charge is 0.442 e. The summed E-state index contributed by atoms with van der Waals surface area (Å²) in [6.07, 6.45) is 2.85. The van der Waals surface area contributed by atoms with E-state index in [-0.39, 0.29) is 0 Å². The molecule has 0 bridgehead atoms. The fourth-order valence-corrected chi connectivity index (χ4v) is 3.84. The van der Waals surface area contributed by atoms with Crippen molar-refractivity contribution in [2.75, 3.05) is 11.4 Å². The van der Waals surface area contributed by atoms with Gasteiger partial charge in [-0.25, -0.2) is 23.3 Å². The first-order valence-corrected chi connectivity index (χ1v) is 10.1. The number of halogens is 2. The lowest BCUT2D eigenvalue weighted by atomic mass is 10.1. The molecule has 7 nitrogen and oxygen atoms in total. The van der Waals surface area contributed by atoms with Gasteiger partial charge in [0.25, 0.3) is 0 Å². The van der Waals surface area contributed by atoms with E-state index < -0.39 is 11.6 Å². The Morgan fingerprint density at radius 3 is 2.75 bits per heavy atom. The Morgan fingerprint density at radius 1 is 1.12 bits per heavy atom. The van der Waals surface area contributed by atoms with Crippen LogP contribution in [0.5, 0.6) is 0 Å². The number of fused-ring (bicyclic) bond motifs is 1. The number of oxazole rings is 1. The Balaban J connectivity index is 1.43. The fourth-order valence-electron chi connectivity index (χ4n) is 3.84. The highest BCUT2D eigenvalue weighted by Crippen LogP contribution is 2.33. The Kier molecular flexibility index (Phi) is 4.90. The third-order valence-corrected chi connectivity index (χ3v) is 5.34. The van der Waals surface area contributed by atoms with Crippen molar-refractivity contribution in [3.8, 4) is 11.3 Å². The summed E-state index contributed by atoms with van der Waals surface area (Å²) in [6, 6.07) is 9.37. The van der Waals surface area contributed by atoms with Crippen LogP contribution in [0.15, 0.2) is 47.0 Å². The van der Waals surface area contributed by atoms with Crippen LogP contribution in [0.1, 0.15) is 23.7 Å². The van der Waals surface area contributed by atoms with Crippen molar-refractivity contribution in [3.05, 3.63) is 82.9 Å². The monoisotopic (exact) mass is 432 g/mol. The van der Waals surface area contributed by atoms with Crippen LogP contribution < -0.4 is 4.90 Å². The lowest BCUT2D eigenvalue weighted by Crippen LogP contribution is -2.28. The lowest BCUT2D eigenvalue weighted by molar-refractivity contribution is 0.506. The molecule has 9 heteroatoms. The number of benzene rings is 2. The molecule has 4 aromatic rings. The van der Waals surface area contributed by atoms with Gasteiger partial charge in [-0.15, -0.1) is 0 Å². The number of aryl methyl sites for hydroxylation is 2. The maximum atomic E-state index is 13.8. The van der Waals surface area contributed by atoms with Crippen LogP contribution >= 0.6 is 0 Å². The van der Waals surface area contributed by atoms with Crippen molar-refractivity contribution < 1.29 is 13.2 Å². The molecule has 0 atom stereocenters. The van der Waals surface area contributed by atoms with Gasteiger partial charge in [0.1, 0.15) is 5.76 Å². The molecule has 0 radical (unpaired) electrons. The van der Waals surface area contributed by atoms with Crippen LogP contribution in [0.2, 0.25) is 0 Å². The molecule has 2 aromatic carbocycles. The van der Waals surface area contributed by atoms with E-state index in [9.17, 15) is 8.78 Å². The molecule has 160 valence electrons. The normalized spacial score (nSPS) is 13.1. The zero-order valence-electron chi connectivity index (χ0n) is 17.2. The predicted molar refractivity (Wildman–Crippen MR) is 114 cm³/mol. The Hall–Kier alpha value is -4.06. The summed E-state index contributed by atoms with van der Waals surface area (Å²) in [5.74, 6) is 0.502. The molecule has 0 aliphatic carbocycles. The van der Waals surface area contributed by atoms with Crippen LogP contribution in [0.4, 0.5) is 26.1 Å². The molecule has 0 saturated heterocycles. The van der Waals surface area contributed by atoms with E-state index in [1.807, 2.05) is 17.0 Å². The average Bonchev–Trinajstić information content (AvgIpc) is 3.41. The quantitative estimate of drug-likeness (QED) is 0.415. The first-order chi connectivity index (χ1) is 15.5. The van der Waals surface area contributed by atoms with Gasteiger partial charge in [-0.1, -0.05) is 23.8 Å². The summed E-state index contributed by atoms with van der Waals surface area (Å²) in [5, 5.41) is 4.59. The SMILES string of the molecule is [C-]#[N+]c1cc(Cc2nc3n(n2)CCCN3c2ccc(F)c(F)c2)ccc1-c1cnc(C)o1. The van der Waals surface area contributed by atoms with Gasteiger partial charge in [-0.2, -0.15) is 10.1 Å². The van der Waals surface area contributed by atoms with E-state index in [4.69, 9.17) is 11.0 Å². The van der Waals surface area contributed by atoms with Crippen molar-refractivity contribution in [2.24, 2.45) is 0 Å². The van der Waals surface area contributed by atoms with Crippen LogP contribution in [0.3, 0.4) is 0 Å². The van der Waals surface area contributed by atoms with Crippen molar-refractivity contribution >= 4 is 17.3 Å². The molecular weight excluding hydrogens is 414 g/mol. The van der Waals surface area contributed by atoms with Gasteiger partial charge in [-0.3, -0.25) is 0 Å². The van der Waals surface area contributed by atoms with Gasteiger partial charge in [0.15, 0.2) is 29.0 Å². The van der Waals surface area contributed by atoms with Crippen molar-refractivity contribution in [1.82, 2.24) is 19.7 Å². The number of aromatic nitrogens is 4. The molecule has 32 heavy (non-hydrogen) atoms. The Labute approximate surface area is 182 Å². The van der Waals surface area contributed by atoms with Crippen LogP contribution in [0, 0.1) is 25.1 Å². The second kappa shape index (κ2) is 7.89. The number of hydrogen-bond donors (Lipinski definition) is 0. The number of rotatable bonds is 4. The zero-order valence-corrected chi connectivity index (χ0v) is 17.2. The molecule has 0 unspecified atom stereocenters. The summed E-state index contributed by atoms with van der Waals surface area (Å²) < 4.78 is 34.4. The molecule has 0 fully saturated rings. The van der Waals surface area contributed by atoms with Gasteiger partial charge < -0.3 is 9.32 Å². The molecule has 0 N–H and O–H groups in total. The van der Waals surface area contributed by atoms with Gasteiger partial charge in [0.2, 0.25) is 5.95 Å². The first kappa shape index (κ1) is 19.9. The minimum absolute atomic E-state index is 0.434. The highest BCUT2D eigenvalue weighted by Gasteiger charge is 2.23. The second-order valence-electron chi connectivity index (χ2n) is 7.54. The van der Waals surface area contributed by atoms with Crippen molar-refractivity contribution in [3.63, 3.8) is 0 Å². The van der Waals surface area contributed by atoms with E-state index in [0.29, 0.717) is 59.9 Å². The minimum atomic E-state index is -0.895. The highest BCUT2D eigenvalue weighted by atomic mass is 19.2. The molecule has 0 spiro atoms. The molecule has 2 aromatic heterocycles. The van der Waals surface area contributed by atoms with E-state index >= 15 is 0 Å². The fraction of sp³-hybridized carbons (Fsp3) is 0.217. The predicted octanol–water partition coefficient (Wildman–Crippen LogP) is 5.20. The smallest absolute Gasteiger partial charge is 0.228 e. The number of anilines is 2. The lowest BCUT2D eigenvalue weighted by Gasteiger charge is -2.27. The first-order valence-electron chi connectivity index (χ1n) is 10.1. The maximum absolute atomic E-state index is 13.8. The van der Waals surface area contributed by atoms with Gasteiger partial charge in [0.05, 0.1) is 12.8 Å². The molecule has 1 aliphatic heterocycles.